The lowest BCUT2D eigenvalue weighted by Gasteiger charge is -2.31. The maximum Gasteiger partial charge on any atom is 0.419 e. The van der Waals surface area contributed by atoms with Gasteiger partial charge in [-0.1, -0.05) is 43.4 Å². The highest BCUT2D eigenvalue weighted by Crippen LogP contribution is 2.41. The molecule has 2 bridgehead atoms. The molecule has 5 rings (SSSR count). The van der Waals surface area contributed by atoms with Crippen LogP contribution in [0.25, 0.3) is 11.1 Å². The topological polar surface area (TPSA) is 91.6 Å². The summed E-state index contributed by atoms with van der Waals surface area (Å²) >= 11 is 0. The lowest BCUT2D eigenvalue weighted by Crippen LogP contribution is -2.41. The van der Waals surface area contributed by atoms with Gasteiger partial charge in [0.05, 0.1) is 23.6 Å². The van der Waals surface area contributed by atoms with Crippen molar-refractivity contribution in [2.24, 2.45) is 0 Å². The number of likely N-dealkylation sites (tertiary alicyclic amines) is 1. The molecule has 14 heteroatoms. The summed E-state index contributed by atoms with van der Waals surface area (Å²) in [5.74, 6) is -4.34. The molecule has 0 spiro atoms. The molecule has 282 valence electrons. The monoisotopic (exact) mass is 737 g/mol. The van der Waals surface area contributed by atoms with Crippen molar-refractivity contribution in [3.8, 4) is 11.1 Å². The highest BCUT2D eigenvalue weighted by molar-refractivity contribution is 5.82. The number of alkyl halides is 6. The Morgan fingerprint density at radius 2 is 1.56 bits per heavy atom. The Bertz CT molecular complexity index is 1860. The van der Waals surface area contributed by atoms with Crippen LogP contribution in [0.5, 0.6) is 0 Å². The van der Waals surface area contributed by atoms with Crippen LogP contribution >= 0.6 is 0 Å². The van der Waals surface area contributed by atoms with Gasteiger partial charge < -0.3 is 19.9 Å². The molecule has 2 atom stereocenters. The molecule has 0 saturated carbocycles. The first-order valence-electron chi connectivity index (χ1n) is 17.5. The number of carboxylic acids is 1. The average Bonchev–Trinajstić information content (AvgIpc) is 3.00. The van der Waals surface area contributed by atoms with Gasteiger partial charge in [-0.15, -0.1) is 0 Å². The Kier molecular flexibility index (Phi) is 11.9. The van der Waals surface area contributed by atoms with Crippen molar-refractivity contribution >= 4 is 11.9 Å². The summed E-state index contributed by atoms with van der Waals surface area (Å²) in [6.07, 6.45) is -5.69. The number of carbonyl (C=O) groups excluding carboxylic acids is 1. The number of benzene rings is 2. The number of amides is 1. The quantitative estimate of drug-likeness (QED) is 0.249. The zero-order valence-corrected chi connectivity index (χ0v) is 29.0. The number of halogens is 7. The van der Waals surface area contributed by atoms with E-state index in [1.54, 1.807) is 13.0 Å². The van der Waals surface area contributed by atoms with E-state index in [1.165, 1.54) is 0 Å². The first-order valence-corrected chi connectivity index (χ1v) is 17.5. The number of hydrogen-bond acceptors (Lipinski definition) is 4. The number of nitrogens with zero attached hydrogens (tertiary/aromatic N) is 2. The van der Waals surface area contributed by atoms with Gasteiger partial charge in [-0.05, 0) is 99.0 Å². The third kappa shape index (κ3) is 9.05. The maximum absolute atomic E-state index is 16.0. The van der Waals surface area contributed by atoms with Gasteiger partial charge in [0.2, 0.25) is 5.91 Å². The SMILES string of the molecule is Cc1cc(C)c2c(c1)CCCCCCC[C@H](n1cc(CCN3CCC3)c(C(F)(F)F)cc1=O)C(=O)N[C@@H](CC(=O)O)c1cc-2cc(C(F)(F)F)c1F. The molecule has 0 unspecified atom stereocenters. The van der Waals surface area contributed by atoms with Crippen LogP contribution in [0.15, 0.2) is 41.3 Å². The number of nitrogens with one attached hydrogen (secondary N) is 1. The first kappa shape index (κ1) is 39.0. The zero-order chi connectivity index (χ0) is 38.0. The molecule has 1 saturated heterocycles. The summed E-state index contributed by atoms with van der Waals surface area (Å²) in [6, 6.07) is 2.62. The zero-order valence-electron chi connectivity index (χ0n) is 29.0. The molecule has 2 aromatic carbocycles. The van der Waals surface area contributed by atoms with Crippen molar-refractivity contribution < 1.29 is 45.4 Å². The Morgan fingerprint density at radius 3 is 2.19 bits per heavy atom. The van der Waals surface area contributed by atoms with E-state index in [4.69, 9.17) is 0 Å². The van der Waals surface area contributed by atoms with Gasteiger partial charge in [0.1, 0.15) is 11.9 Å². The molecule has 2 N–H and O–H groups in total. The fourth-order valence-corrected chi connectivity index (χ4v) is 7.36. The summed E-state index contributed by atoms with van der Waals surface area (Å²) in [7, 11) is 0. The molecule has 1 fully saturated rings. The van der Waals surface area contributed by atoms with Gasteiger partial charge in [0.25, 0.3) is 5.56 Å². The minimum atomic E-state index is -5.19. The third-order valence-electron chi connectivity index (χ3n) is 10.0. The lowest BCUT2D eigenvalue weighted by atomic mass is 9.87. The van der Waals surface area contributed by atoms with E-state index < -0.39 is 70.8 Å². The van der Waals surface area contributed by atoms with Crippen molar-refractivity contribution in [3.63, 3.8) is 0 Å². The van der Waals surface area contributed by atoms with Crippen molar-refractivity contribution in [1.29, 1.82) is 0 Å². The Labute approximate surface area is 296 Å². The van der Waals surface area contributed by atoms with Crippen LogP contribution in [-0.2, 0) is 34.8 Å². The fourth-order valence-electron chi connectivity index (χ4n) is 7.36. The van der Waals surface area contributed by atoms with Crippen molar-refractivity contribution in [2.45, 2.75) is 102 Å². The molecular weight excluding hydrogens is 695 g/mol. The molecule has 3 heterocycles. The van der Waals surface area contributed by atoms with Crippen LogP contribution in [0.1, 0.15) is 102 Å². The van der Waals surface area contributed by atoms with Crippen molar-refractivity contribution in [1.82, 2.24) is 14.8 Å². The van der Waals surface area contributed by atoms with Crippen molar-refractivity contribution in [3.05, 3.63) is 91.6 Å². The molecule has 0 radical (unpaired) electrons. The summed E-state index contributed by atoms with van der Waals surface area (Å²) < 4.78 is 102. The van der Waals surface area contributed by atoms with Gasteiger partial charge in [-0.2, -0.15) is 26.3 Å². The van der Waals surface area contributed by atoms with Gasteiger partial charge >= 0.3 is 18.3 Å². The Balaban J connectivity index is 1.66. The van der Waals surface area contributed by atoms with Gasteiger partial charge in [-0.3, -0.25) is 14.4 Å². The minimum absolute atomic E-state index is 0.00434. The number of pyridine rings is 1. The number of carboxylic acid groups (broad SMARTS) is 1. The second-order valence-corrected chi connectivity index (χ2v) is 13.9. The second kappa shape index (κ2) is 15.8. The number of aliphatic carboxylic acids is 1. The fraction of sp³-hybridized carbons (Fsp3) is 0.500. The number of fused-ring (bicyclic) bond motifs is 4. The molecule has 0 aliphatic carbocycles. The summed E-state index contributed by atoms with van der Waals surface area (Å²) in [6.45, 7) is 5.31. The van der Waals surface area contributed by atoms with Gasteiger partial charge in [-0.25, -0.2) is 4.39 Å². The highest BCUT2D eigenvalue weighted by Gasteiger charge is 2.39. The van der Waals surface area contributed by atoms with Gasteiger partial charge in [0.15, 0.2) is 0 Å². The van der Waals surface area contributed by atoms with E-state index in [-0.39, 0.29) is 30.5 Å². The van der Waals surface area contributed by atoms with Gasteiger partial charge in [0, 0.05) is 24.4 Å². The number of aryl methyl sites for hydroxylation is 3. The van der Waals surface area contributed by atoms with E-state index >= 15 is 4.39 Å². The number of rotatable bonds is 6. The predicted molar refractivity (Wildman–Crippen MR) is 180 cm³/mol. The largest absolute Gasteiger partial charge is 0.481 e. The molecule has 2 aliphatic heterocycles. The van der Waals surface area contributed by atoms with E-state index in [0.717, 1.165) is 53.9 Å². The Morgan fingerprint density at radius 1 is 0.885 bits per heavy atom. The van der Waals surface area contributed by atoms with Crippen LogP contribution in [0, 0.1) is 19.7 Å². The molecule has 52 heavy (non-hydrogen) atoms. The first-order chi connectivity index (χ1) is 24.4. The summed E-state index contributed by atoms with van der Waals surface area (Å²) in [5.41, 5.74) is -2.11. The average molecular weight is 738 g/mol. The molecule has 3 aromatic rings. The van der Waals surface area contributed by atoms with Crippen LogP contribution in [0.4, 0.5) is 30.7 Å². The minimum Gasteiger partial charge on any atom is -0.481 e. The molecule has 2 aliphatic rings. The molecule has 7 nitrogen and oxygen atoms in total. The maximum atomic E-state index is 16.0. The standard InChI is InChI=1S/C38H42F7N3O4/c1-22-15-23(2)34-24(16-22)9-6-4-3-5-7-10-31(48-21-25(11-14-47-12-8-13-47)28(19-32(48)49)37(40,41)42)36(52)46-30(20-33(50)51)27-17-26(34)18-29(35(27)39)38(43,44)45/h15-19,21,30-31H,3-14,20H2,1-2H3,(H,46,52)(H,50,51)/t30-,31-/m0/s1. The van der Waals surface area contributed by atoms with E-state index in [9.17, 15) is 45.8 Å². The van der Waals surface area contributed by atoms with E-state index in [1.807, 2.05) is 17.9 Å². The van der Waals surface area contributed by atoms with Crippen LogP contribution < -0.4 is 10.9 Å². The van der Waals surface area contributed by atoms with Crippen LogP contribution in [0.3, 0.4) is 0 Å². The molecule has 1 amide bonds. The lowest BCUT2D eigenvalue weighted by molar-refractivity contribution is -0.140. The van der Waals surface area contributed by atoms with Crippen molar-refractivity contribution in [2.75, 3.05) is 19.6 Å². The molecular formula is C38H42F7N3O4. The summed E-state index contributed by atoms with van der Waals surface area (Å²) in [4.78, 5) is 41.5. The smallest absolute Gasteiger partial charge is 0.419 e. The number of carbonyl (C=O) groups is 2. The van der Waals surface area contributed by atoms with E-state index in [0.29, 0.717) is 55.4 Å². The van der Waals surface area contributed by atoms with Crippen LogP contribution in [0.2, 0.25) is 0 Å². The van der Waals surface area contributed by atoms with E-state index in [2.05, 4.69) is 5.32 Å². The number of hydrogen-bond donors (Lipinski definition) is 2. The highest BCUT2D eigenvalue weighted by atomic mass is 19.4. The normalized spacial score (nSPS) is 19.4. The Hall–Kier alpha value is -4.20. The third-order valence-corrected chi connectivity index (χ3v) is 10.0. The predicted octanol–water partition coefficient (Wildman–Crippen LogP) is 8.33. The molecule has 1 aromatic heterocycles. The second-order valence-electron chi connectivity index (χ2n) is 13.9. The van der Waals surface area contributed by atoms with Crippen LogP contribution in [-0.4, -0.2) is 46.1 Å². The number of aromatic nitrogens is 1. The summed E-state index contributed by atoms with van der Waals surface area (Å²) in [5, 5.41) is 12.2.